The molecule has 3 N–H and O–H groups in total. The van der Waals surface area contributed by atoms with Gasteiger partial charge in [0.1, 0.15) is 4.90 Å². The summed E-state index contributed by atoms with van der Waals surface area (Å²) in [6.07, 6.45) is 0. The average Bonchev–Trinajstić information content (AvgIpc) is 2.72. The Hall–Kier alpha value is -0.410. The molecule has 0 spiro atoms. The number of benzene rings is 1. The van der Waals surface area contributed by atoms with Crippen LogP contribution in [0.3, 0.4) is 0 Å². The van der Waals surface area contributed by atoms with Crippen LogP contribution in [0.25, 0.3) is 0 Å². The van der Waals surface area contributed by atoms with Crippen molar-refractivity contribution in [3.05, 3.63) is 43.5 Å². The third kappa shape index (κ3) is 3.79. The normalized spacial score (nSPS) is 11.7. The number of anilines is 1. The van der Waals surface area contributed by atoms with Gasteiger partial charge in [-0.15, -0.1) is 11.3 Å². The van der Waals surface area contributed by atoms with Crippen LogP contribution in [0.4, 0.5) is 5.69 Å². The minimum absolute atomic E-state index is 0.0892. The molecule has 102 valence electrons. The van der Waals surface area contributed by atoms with E-state index in [1.807, 2.05) is 11.4 Å². The molecule has 1 aromatic carbocycles. The van der Waals surface area contributed by atoms with Crippen molar-refractivity contribution in [2.24, 2.45) is 0 Å². The molecule has 0 aliphatic carbocycles. The Bertz CT molecular complexity index is 698. The SMILES string of the molecule is Nc1cc(Br)ccc1S(=O)(=O)NCc1cc(Br)cs1. The van der Waals surface area contributed by atoms with Crippen LogP contribution < -0.4 is 10.5 Å². The number of nitrogens with one attached hydrogen (secondary N) is 1. The summed E-state index contributed by atoms with van der Waals surface area (Å²) in [5.41, 5.74) is 5.94. The fourth-order valence-corrected chi connectivity index (χ4v) is 4.43. The molecule has 0 aliphatic rings. The smallest absolute Gasteiger partial charge is 0.242 e. The van der Waals surface area contributed by atoms with Crippen LogP contribution in [0.5, 0.6) is 0 Å². The molecule has 0 radical (unpaired) electrons. The summed E-state index contributed by atoms with van der Waals surface area (Å²) in [6, 6.07) is 6.56. The second kappa shape index (κ2) is 5.92. The first-order chi connectivity index (χ1) is 8.88. The molecule has 4 nitrogen and oxygen atoms in total. The van der Waals surface area contributed by atoms with Gasteiger partial charge in [-0.2, -0.15) is 0 Å². The fraction of sp³-hybridized carbons (Fsp3) is 0.0909. The van der Waals surface area contributed by atoms with E-state index < -0.39 is 10.0 Å². The fourth-order valence-electron chi connectivity index (χ4n) is 1.45. The van der Waals surface area contributed by atoms with Crippen molar-refractivity contribution in [3.8, 4) is 0 Å². The maximum absolute atomic E-state index is 12.1. The minimum Gasteiger partial charge on any atom is -0.398 e. The lowest BCUT2D eigenvalue weighted by molar-refractivity contribution is 0.582. The number of rotatable bonds is 4. The van der Waals surface area contributed by atoms with E-state index in [4.69, 9.17) is 5.73 Å². The molecule has 0 amide bonds. The zero-order valence-electron chi connectivity index (χ0n) is 9.56. The summed E-state index contributed by atoms with van der Waals surface area (Å²) in [4.78, 5) is 1.01. The summed E-state index contributed by atoms with van der Waals surface area (Å²) in [6.45, 7) is 0.244. The average molecular weight is 426 g/mol. The topological polar surface area (TPSA) is 72.2 Å². The van der Waals surface area contributed by atoms with Crippen molar-refractivity contribution >= 4 is 58.9 Å². The van der Waals surface area contributed by atoms with Crippen LogP contribution in [0.2, 0.25) is 0 Å². The van der Waals surface area contributed by atoms with Gasteiger partial charge < -0.3 is 5.73 Å². The first-order valence-electron chi connectivity index (χ1n) is 5.16. The Morgan fingerprint density at radius 2 is 1.95 bits per heavy atom. The number of hydrogen-bond donors (Lipinski definition) is 2. The molecule has 19 heavy (non-hydrogen) atoms. The number of thiophene rings is 1. The maximum atomic E-state index is 12.1. The van der Waals surface area contributed by atoms with E-state index >= 15 is 0 Å². The molecule has 1 aromatic heterocycles. The summed E-state index contributed by atoms with van der Waals surface area (Å²) in [5, 5.41) is 1.90. The number of sulfonamides is 1. The zero-order chi connectivity index (χ0) is 14.0. The highest BCUT2D eigenvalue weighted by atomic mass is 79.9. The van der Waals surface area contributed by atoms with Gasteiger partial charge in [0.15, 0.2) is 0 Å². The van der Waals surface area contributed by atoms with Crippen molar-refractivity contribution in [3.63, 3.8) is 0 Å². The van der Waals surface area contributed by atoms with Crippen molar-refractivity contribution in [1.82, 2.24) is 4.72 Å². The molecule has 0 saturated heterocycles. The van der Waals surface area contributed by atoms with E-state index in [0.717, 1.165) is 13.8 Å². The van der Waals surface area contributed by atoms with Gasteiger partial charge in [0.05, 0.1) is 5.69 Å². The lowest BCUT2D eigenvalue weighted by atomic mass is 10.3. The molecular formula is C11H10Br2N2O2S2. The van der Waals surface area contributed by atoms with Crippen molar-refractivity contribution in [2.75, 3.05) is 5.73 Å². The van der Waals surface area contributed by atoms with Gasteiger partial charge in [0.25, 0.3) is 0 Å². The number of hydrogen-bond acceptors (Lipinski definition) is 4. The van der Waals surface area contributed by atoms with Gasteiger partial charge in [-0.25, -0.2) is 13.1 Å². The summed E-state index contributed by atoms with van der Waals surface area (Å²) < 4.78 is 28.5. The molecule has 2 aromatic rings. The Morgan fingerprint density at radius 3 is 2.53 bits per heavy atom. The summed E-state index contributed by atoms with van der Waals surface area (Å²) >= 11 is 8.05. The second-order valence-corrected chi connectivity index (χ2v) is 8.30. The summed E-state index contributed by atoms with van der Waals surface area (Å²) in [5.74, 6) is 0. The van der Waals surface area contributed by atoms with Gasteiger partial charge in [0.2, 0.25) is 10.0 Å². The van der Waals surface area contributed by atoms with E-state index in [9.17, 15) is 8.42 Å². The first-order valence-corrected chi connectivity index (χ1v) is 9.11. The molecule has 8 heteroatoms. The molecule has 0 fully saturated rings. The highest BCUT2D eigenvalue weighted by Crippen LogP contribution is 2.24. The zero-order valence-corrected chi connectivity index (χ0v) is 14.4. The monoisotopic (exact) mass is 424 g/mol. The Labute approximate surface area is 132 Å². The van der Waals surface area contributed by atoms with Gasteiger partial charge >= 0.3 is 0 Å². The lowest BCUT2D eigenvalue weighted by Crippen LogP contribution is -2.23. The third-order valence-electron chi connectivity index (χ3n) is 2.32. The number of halogens is 2. The number of nitrogen functional groups attached to an aromatic ring is 1. The Balaban J connectivity index is 2.18. The first kappa shape index (κ1) is 15.0. The molecular weight excluding hydrogens is 416 g/mol. The van der Waals surface area contributed by atoms with E-state index in [-0.39, 0.29) is 17.1 Å². The van der Waals surface area contributed by atoms with Crippen molar-refractivity contribution in [1.29, 1.82) is 0 Å². The second-order valence-electron chi connectivity index (χ2n) is 3.74. The third-order valence-corrected chi connectivity index (χ3v) is 5.99. The Kier molecular flexibility index (Phi) is 4.67. The molecule has 0 atom stereocenters. The highest BCUT2D eigenvalue weighted by Gasteiger charge is 2.17. The standard InChI is InChI=1S/C11H10Br2N2O2S2/c12-7-1-2-11(10(14)4-7)19(16,17)15-5-9-3-8(13)6-18-9/h1-4,6,15H,5,14H2. The van der Waals surface area contributed by atoms with Gasteiger partial charge in [-0.3, -0.25) is 0 Å². The van der Waals surface area contributed by atoms with Crippen LogP contribution in [0, 0.1) is 0 Å². The summed E-state index contributed by atoms with van der Waals surface area (Å²) in [7, 11) is -3.60. The lowest BCUT2D eigenvalue weighted by Gasteiger charge is -2.08. The van der Waals surface area contributed by atoms with Crippen LogP contribution in [-0.2, 0) is 16.6 Å². The maximum Gasteiger partial charge on any atom is 0.242 e. The van der Waals surface area contributed by atoms with Gasteiger partial charge in [-0.05, 0) is 40.2 Å². The molecule has 1 heterocycles. The molecule has 2 rings (SSSR count). The predicted octanol–water partition coefficient (Wildman–Crippen LogP) is 3.33. The number of nitrogens with two attached hydrogens (primary N) is 1. The van der Waals surface area contributed by atoms with Crippen LogP contribution in [-0.4, -0.2) is 8.42 Å². The van der Waals surface area contributed by atoms with E-state index in [1.54, 1.807) is 12.1 Å². The largest absolute Gasteiger partial charge is 0.398 e. The van der Waals surface area contributed by atoms with Crippen LogP contribution in [0.1, 0.15) is 4.88 Å². The minimum atomic E-state index is -3.60. The van der Waals surface area contributed by atoms with Gasteiger partial charge in [0, 0.05) is 25.7 Å². The van der Waals surface area contributed by atoms with Crippen LogP contribution >= 0.6 is 43.2 Å². The van der Waals surface area contributed by atoms with E-state index in [2.05, 4.69) is 36.6 Å². The Morgan fingerprint density at radius 1 is 1.21 bits per heavy atom. The van der Waals surface area contributed by atoms with Crippen molar-refractivity contribution in [2.45, 2.75) is 11.4 Å². The van der Waals surface area contributed by atoms with Crippen LogP contribution in [0.15, 0.2) is 43.5 Å². The quantitative estimate of drug-likeness (QED) is 0.737. The van der Waals surface area contributed by atoms with E-state index in [0.29, 0.717) is 0 Å². The molecule has 0 aliphatic heterocycles. The molecule has 0 unspecified atom stereocenters. The molecule has 0 bridgehead atoms. The van der Waals surface area contributed by atoms with Gasteiger partial charge in [-0.1, -0.05) is 15.9 Å². The highest BCUT2D eigenvalue weighted by molar-refractivity contribution is 9.10. The van der Waals surface area contributed by atoms with E-state index in [1.165, 1.54) is 17.4 Å². The van der Waals surface area contributed by atoms with Crippen molar-refractivity contribution < 1.29 is 8.42 Å². The predicted molar refractivity (Wildman–Crippen MR) is 84.6 cm³/mol. The molecule has 0 saturated carbocycles.